The Morgan fingerprint density at radius 3 is 2.21 bits per heavy atom. The van der Waals surface area contributed by atoms with Gasteiger partial charge in [-0.2, -0.15) is 0 Å². The van der Waals surface area contributed by atoms with Gasteiger partial charge in [0.2, 0.25) is 0 Å². The minimum atomic E-state index is 0.799. The third-order valence-electron chi connectivity index (χ3n) is 3.84. The van der Waals surface area contributed by atoms with Crippen LogP contribution in [0.1, 0.15) is 0 Å². The highest BCUT2D eigenvalue weighted by Gasteiger charge is 2.18. The minimum absolute atomic E-state index is 0.799. The molecule has 0 aliphatic rings. The molecular formula is C18H14N2O2S2. The summed E-state index contributed by atoms with van der Waals surface area (Å²) in [4.78, 5) is 8.94. The quantitative estimate of drug-likeness (QED) is 0.511. The highest BCUT2D eigenvalue weighted by atomic mass is 32.1. The van der Waals surface area contributed by atoms with E-state index in [-0.39, 0.29) is 0 Å². The Balaban J connectivity index is 2.12. The first-order chi connectivity index (χ1) is 11.8. The summed E-state index contributed by atoms with van der Waals surface area (Å²) in [5.74, 6) is 1.61. The summed E-state index contributed by atoms with van der Waals surface area (Å²) in [6, 6.07) is 8.11. The molecule has 0 atom stereocenters. The molecule has 4 aromatic rings. The van der Waals surface area contributed by atoms with Crippen molar-refractivity contribution in [1.29, 1.82) is 0 Å². The first-order valence-electron chi connectivity index (χ1n) is 7.30. The number of hydrogen-bond acceptors (Lipinski definition) is 6. The summed E-state index contributed by atoms with van der Waals surface area (Å²) in [6.45, 7) is 0. The van der Waals surface area contributed by atoms with Crippen LogP contribution >= 0.6 is 22.7 Å². The van der Waals surface area contributed by atoms with Gasteiger partial charge in [0.05, 0.1) is 19.8 Å². The molecule has 0 unspecified atom stereocenters. The molecule has 6 heteroatoms. The van der Waals surface area contributed by atoms with E-state index in [1.54, 1.807) is 36.9 Å². The highest BCUT2D eigenvalue weighted by molar-refractivity contribution is 7.13. The molecule has 2 heterocycles. The van der Waals surface area contributed by atoms with E-state index in [0.29, 0.717) is 0 Å². The van der Waals surface area contributed by atoms with E-state index in [1.165, 1.54) is 0 Å². The number of fused-ring (bicyclic) bond motifs is 1. The van der Waals surface area contributed by atoms with Crippen LogP contribution in [0.25, 0.3) is 31.9 Å². The number of methoxy groups -OCH3 is 2. The van der Waals surface area contributed by atoms with Crippen molar-refractivity contribution in [2.75, 3.05) is 14.2 Å². The predicted octanol–water partition coefficient (Wildman–Crippen LogP) is 5.10. The molecule has 0 saturated heterocycles. The second-order valence-corrected chi connectivity index (χ2v) is 6.88. The number of aromatic nitrogens is 2. The van der Waals surface area contributed by atoms with Gasteiger partial charge < -0.3 is 9.47 Å². The molecular weight excluding hydrogens is 340 g/mol. The maximum absolute atomic E-state index is 5.68. The highest BCUT2D eigenvalue weighted by Crippen LogP contribution is 2.44. The molecule has 0 N–H and O–H groups in total. The largest absolute Gasteiger partial charge is 0.497 e. The fourth-order valence-electron chi connectivity index (χ4n) is 2.77. The zero-order valence-corrected chi connectivity index (χ0v) is 14.8. The van der Waals surface area contributed by atoms with Crippen molar-refractivity contribution in [3.8, 4) is 32.6 Å². The van der Waals surface area contributed by atoms with Gasteiger partial charge in [-0.05, 0) is 35.0 Å². The van der Waals surface area contributed by atoms with E-state index in [4.69, 9.17) is 9.47 Å². The Morgan fingerprint density at radius 1 is 0.833 bits per heavy atom. The van der Waals surface area contributed by atoms with Gasteiger partial charge in [0.15, 0.2) is 0 Å². The molecule has 0 bridgehead atoms. The Kier molecular flexibility index (Phi) is 3.92. The van der Waals surface area contributed by atoms with Gasteiger partial charge in [-0.1, -0.05) is 0 Å². The minimum Gasteiger partial charge on any atom is -0.497 e. The molecule has 120 valence electrons. The summed E-state index contributed by atoms with van der Waals surface area (Å²) in [7, 11) is 3.36. The fourth-order valence-corrected chi connectivity index (χ4v) is 4.14. The van der Waals surface area contributed by atoms with E-state index in [2.05, 4.69) is 16.0 Å². The molecule has 0 radical (unpaired) electrons. The first kappa shape index (κ1) is 15.1. The van der Waals surface area contributed by atoms with Crippen LogP contribution in [0.4, 0.5) is 0 Å². The lowest BCUT2D eigenvalue weighted by atomic mass is 9.98. The molecule has 0 spiro atoms. The number of ether oxygens (including phenoxy) is 2. The predicted molar refractivity (Wildman–Crippen MR) is 99.3 cm³/mol. The number of rotatable bonds is 4. The lowest BCUT2D eigenvalue weighted by molar-refractivity contribution is 0.415. The Bertz CT molecular complexity index is 980. The van der Waals surface area contributed by atoms with Crippen LogP contribution in [-0.2, 0) is 0 Å². The maximum atomic E-state index is 5.68. The van der Waals surface area contributed by atoms with Gasteiger partial charge in [0, 0.05) is 28.7 Å². The average Bonchev–Trinajstić information content (AvgIpc) is 3.33. The van der Waals surface area contributed by atoms with Crippen LogP contribution in [0.2, 0.25) is 0 Å². The van der Waals surface area contributed by atoms with Crippen LogP contribution in [0, 0.1) is 0 Å². The van der Waals surface area contributed by atoms with Crippen LogP contribution in [0.15, 0.2) is 47.4 Å². The third-order valence-corrected chi connectivity index (χ3v) is 5.43. The fraction of sp³-hybridized carbons (Fsp3) is 0.111. The number of nitrogens with zero attached hydrogens (tertiary/aromatic N) is 2. The summed E-state index contributed by atoms with van der Waals surface area (Å²) in [5.41, 5.74) is 2.04. The van der Waals surface area contributed by atoms with Crippen molar-refractivity contribution in [2.24, 2.45) is 0 Å². The van der Waals surface area contributed by atoms with Gasteiger partial charge in [-0.3, -0.25) is 0 Å². The topological polar surface area (TPSA) is 44.2 Å². The molecule has 0 amide bonds. The van der Waals surface area contributed by atoms with E-state index in [1.807, 2.05) is 41.4 Å². The molecule has 0 fully saturated rings. The maximum Gasteiger partial charge on any atom is 0.130 e. The number of benzene rings is 2. The standard InChI is InChI=1S/C18H14N2O2S2/c1-21-11-3-4-12-13(9-11)14(17-19-5-7-23-17)10-15(22-2)16(12)18-20-6-8-24-18/h3-10H,1-2H3. The molecule has 2 aromatic heterocycles. The third kappa shape index (κ3) is 2.44. The molecule has 0 saturated carbocycles. The van der Waals surface area contributed by atoms with Crippen molar-refractivity contribution >= 4 is 33.4 Å². The van der Waals surface area contributed by atoms with E-state index in [9.17, 15) is 0 Å². The smallest absolute Gasteiger partial charge is 0.130 e. The second kappa shape index (κ2) is 6.22. The first-order valence-corrected chi connectivity index (χ1v) is 9.06. The summed E-state index contributed by atoms with van der Waals surface area (Å²) >= 11 is 3.20. The summed E-state index contributed by atoms with van der Waals surface area (Å²) in [5, 5.41) is 8.00. The number of thiazole rings is 2. The zero-order valence-electron chi connectivity index (χ0n) is 13.1. The Labute approximate surface area is 147 Å². The SMILES string of the molecule is COc1ccc2c(-c3nccs3)c(OC)cc(-c3nccs3)c2c1. The van der Waals surface area contributed by atoms with Crippen molar-refractivity contribution in [3.63, 3.8) is 0 Å². The van der Waals surface area contributed by atoms with E-state index < -0.39 is 0 Å². The average molecular weight is 354 g/mol. The molecule has 24 heavy (non-hydrogen) atoms. The monoisotopic (exact) mass is 354 g/mol. The normalized spacial score (nSPS) is 10.9. The van der Waals surface area contributed by atoms with Crippen molar-refractivity contribution in [2.45, 2.75) is 0 Å². The van der Waals surface area contributed by atoms with Gasteiger partial charge >= 0.3 is 0 Å². The molecule has 4 nitrogen and oxygen atoms in total. The lowest BCUT2D eigenvalue weighted by Gasteiger charge is -2.14. The van der Waals surface area contributed by atoms with Crippen molar-refractivity contribution < 1.29 is 9.47 Å². The van der Waals surface area contributed by atoms with Crippen LogP contribution in [0.5, 0.6) is 11.5 Å². The van der Waals surface area contributed by atoms with Gasteiger partial charge in [-0.15, -0.1) is 22.7 Å². The second-order valence-electron chi connectivity index (χ2n) is 5.09. The molecule has 0 aliphatic carbocycles. The summed E-state index contributed by atoms with van der Waals surface area (Å²) in [6.07, 6.45) is 3.62. The Hall–Kier alpha value is -2.44. The van der Waals surface area contributed by atoms with Crippen LogP contribution in [-0.4, -0.2) is 24.2 Å². The van der Waals surface area contributed by atoms with Gasteiger partial charge in [0.1, 0.15) is 21.5 Å². The lowest BCUT2D eigenvalue weighted by Crippen LogP contribution is -1.93. The molecule has 4 rings (SSSR count). The van der Waals surface area contributed by atoms with E-state index >= 15 is 0 Å². The van der Waals surface area contributed by atoms with Crippen molar-refractivity contribution in [1.82, 2.24) is 9.97 Å². The van der Waals surface area contributed by atoms with Crippen molar-refractivity contribution in [3.05, 3.63) is 47.4 Å². The zero-order chi connectivity index (χ0) is 16.5. The van der Waals surface area contributed by atoms with Gasteiger partial charge in [0.25, 0.3) is 0 Å². The van der Waals surface area contributed by atoms with Gasteiger partial charge in [-0.25, -0.2) is 9.97 Å². The van der Waals surface area contributed by atoms with Crippen LogP contribution in [0.3, 0.4) is 0 Å². The number of hydrogen-bond donors (Lipinski definition) is 0. The van der Waals surface area contributed by atoms with E-state index in [0.717, 1.165) is 43.4 Å². The van der Waals surface area contributed by atoms with Crippen LogP contribution < -0.4 is 9.47 Å². The Morgan fingerprint density at radius 2 is 1.58 bits per heavy atom. The molecule has 2 aromatic carbocycles. The summed E-state index contributed by atoms with van der Waals surface area (Å²) < 4.78 is 11.1. The molecule has 0 aliphatic heterocycles.